The number of rotatable bonds is 4. The van der Waals surface area contributed by atoms with Gasteiger partial charge < -0.3 is 15.0 Å². The first-order valence-corrected chi connectivity index (χ1v) is 6.71. The molecule has 1 aromatic rings. The van der Waals surface area contributed by atoms with Crippen LogP contribution < -0.4 is 5.73 Å². The number of hydrogen-bond acceptors (Lipinski definition) is 3. The normalized spacial score (nSPS) is 29.5. The van der Waals surface area contributed by atoms with Crippen LogP contribution in [0.1, 0.15) is 50.3 Å². The zero-order valence-electron chi connectivity index (χ0n) is 10.2. The molecule has 1 aromatic heterocycles. The third kappa shape index (κ3) is 2.69. The number of nitrogens with zero attached hydrogens (tertiary/aromatic N) is 2. The highest BCUT2D eigenvalue weighted by molar-refractivity contribution is 5.02. The van der Waals surface area contributed by atoms with Gasteiger partial charge in [-0.2, -0.15) is 0 Å². The van der Waals surface area contributed by atoms with Crippen LogP contribution in [0.4, 0.5) is 0 Å². The van der Waals surface area contributed by atoms with Crippen LogP contribution >= 0.6 is 0 Å². The zero-order chi connectivity index (χ0) is 11.7. The molecule has 2 unspecified atom stereocenters. The molecule has 2 N–H and O–H groups in total. The second-order valence-corrected chi connectivity index (χ2v) is 5.38. The summed E-state index contributed by atoms with van der Waals surface area (Å²) in [7, 11) is 0. The van der Waals surface area contributed by atoms with E-state index in [-0.39, 0.29) is 0 Å². The van der Waals surface area contributed by atoms with E-state index in [2.05, 4.69) is 9.55 Å². The monoisotopic (exact) mass is 235 g/mol. The summed E-state index contributed by atoms with van der Waals surface area (Å²) >= 11 is 0. The first-order valence-electron chi connectivity index (χ1n) is 6.71. The summed E-state index contributed by atoms with van der Waals surface area (Å²) in [5.74, 6) is 0. The van der Waals surface area contributed by atoms with E-state index in [1.54, 1.807) is 0 Å². The SMILES string of the molecule is NC1CCCC(OCc2cncn2C2CC2)C1. The molecule has 2 saturated carbocycles. The lowest BCUT2D eigenvalue weighted by atomic mass is 9.94. The number of ether oxygens (including phenoxy) is 1. The van der Waals surface area contributed by atoms with Gasteiger partial charge in [0.2, 0.25) is 0 Å². The molecule has 2 aliphatic rings. The van der Waals surface area contributed by atoms with Crippen LogP contribution in [0.25, 0.3) is 0 Å². The first kappa shape index (κ1) is 11.2. The maximum Gasteiger partial charge on any atom is 0.0951 e. The maximum absolute atomic E-state index is 5.98. The Morgan fingerprint density at radius 2 is 2.24 bits per heavy atom. The molecule has 4 nitrogen and oxygen atoms in total. The lowest BCUT2D eigenvalue weighted by Gasteiger charge is -2.26. The smallest absolute Gasteiger partial charge is 0.0951 e. The van der Waals surface area contributed by atoms with Crippen molar-refractivity contribution in [3.05, 3.63) is 18.2 Å². The summed E-state index contributed by atoms with van der Waals surface area (Å²) in [4.78, 5) is 4.22. The van der Waals surface area contributed by atoms with Gasteiger partial charge in [0.1, 0.15) is 0 Å². The van der Waals surface area contributed by atoms with Crippen LogP contribution in [-0.4, -0.2) is 21.7 Å². The van der Waals surface area contributed by atoms with E-state index in [1.807, 2.05) is 12.5 Å². The fourth-order valence-electron chi connectivity index (χ4n) is 2.66. The molecular weight excluding hydrogens is 214 g/mol. The van der Waals surface area contributed by atoms with Crippen LogP contribution in [0.2, 0.25) is 0 Å². The predicted molar refractivity (Wildman–Crippen MR) is 65.5 cm³/mol. The molecule has 0 aromatic carbocycles. The summed E-state index contributed by atoms with van der Waals surface area (Å²) in [6.45, 7) is 0.688. The fourth-order valence-corrected chi connectivity index (χ4v) is 2.66. The van der Waals surface area contributed by atoms with Crippen LogP contribution in [-0.2, 0) is 11.3 Å². The van der Waals surface area contributed by atoms with Crippen LogP contribution in [0.15, 0.2) is 12.5 Å². The minimum atomic E-state index is 0.335. The van der Waals surface area contributed by atoms with Gasteiger partial charge in [-0.25, -0.2) is 4.98 Å². The highest BCUT2D eigenvalue weighted by Gasteiger charge is 2.26. The third-order valence-electron chi connectivity index (χ3n) is 3.82. The Balaban J connectivity index is 1.54. The summed E-state index contributed by atoms with van der Waals surface area (Å²) in [6, 6.07) is 1.02. The molecule has 1 heterocycles. The Hall–Kier alpha value is -0.870. The molecule has 0 saturated heterocycles. The Kier molecular flexibility index (Phi) is 3.16. The van der Waals surface area contributed by atoms with E-state index < -0.39 is 0 Å². The van der Waals surface area contributed by atoms with Crippen molar-refractivity contribution in [1.29, 1.82) is 0 Å². The quantitative estimate of drug-likeness (QED) is 0.868. The zero-order valence-corrected chi connectivity index (χ0v) is 10.2. The summed E-state index contributed by atoms with van der Waals surface area (Å²) in [6.07, 6.45) is 11.3. The summed E-state index contributed by atoms with van der Waals surface area (Å²) in [5, 5.41) is 0. The van der Waals surface area contributed by atoms with E-state index in [0.717, 1.165) is 19.3 Å². The standard InChI is InChI=1S/C13H21N3O/c14-10-2-1-3-13(6-10)17-8-12-7-15-9-16(12)11-4-5-11/h7,9-11,13H,1-6,8,14H2. The molecule has 17 heavy (non-hydrogen) atoms. The lowest BCUT2D eigenvalue weighted by molar-refractivity contribution is 0.00941. The number of hydrogen-bond donors (Lipinski definition) is 1. The molecule has 2 aliphatic carbocycles. The third-order valence-corrected chi connectivity index (χ3v) is 3.82. The summed E-state index contributed by atoms with van der Waals surface area (Å²) < 4.78 is 8.24. The van der Waals surface area contributed by atoms with Crippen molar-refractivity contribution in [3.8, 4) is 0 Å². The highest BCUT2D eigenvalue weighted by Crippen LogP contribution is 2.35. The van der Waals surface area contributed by atoms with Gasteiger partial charge in [0.25, 0.3) is 0 Å². The van der Waals surface area contributed by atoms with Gasteiger partial charge in [-0.05, 0) is 38.5 Å². The molecule has 94 valence electrons. The van der Waals surface area contributed by atoms with Gasteiger partial charge in [0.15, 0.2) is 0 Å². The van der Waals surface area contributed by atoms with E-state index in [0.29, 0.717) is 24.8 Å². The van der Waals surface area contributed by atoms with Gasteiger partial charge in [-0.15, -0.1) is 0 Å². The number of aromatic nitrogens is 2. The van der Waals surface area contributed by atoms with E-state index in [1.165, 1.54) is 25.0 Å². The van der Waals surface area contributed by atoms with Gasteiger partial charge in [0.05, 0.1) is 30.9 Å². The van der Waals surface area contributed by atoms with Crippen molar-refractivity contribution >= 4 is 0 Å². The molecule has 0 radical (unpaired) electrons. The van der Waals surface area contributed by atoms with E-state index in [9.17, 15) is 0 Å². The lowest BCUT2D eigenvalue weighted by Crippen LogP contribution is -2.32. The van der Waals surface area contributed by atoms with E-state index >= 15 is 0 Å². The molecule has 2 atom stereocenters. The number of imidazole rings is 1. The second kappa shape index (κ2) is 4.78. The van der Waals surface area contributed by atoms with Crippen LogP contribution in [0.3, 0.4) is 0 Å². The molecule has 0 amide bonds. The molecular formula is C13H21N3O. The molecule has 0 spiro atoms. The Morgan fingerprint density at radius 3 is 3.00 bits per heavy atom. The summed E-state index contributed by atoms with van der Waals surface area (Å²) in [5.41, 5.74) is 7.18. The van der Waals surface area contributed by atoms with Crippen molar-refractivity contribution in [2.75, 3.05) is 0 Å². The highest BCUT2D eigenvalue weighted by atomic mass is 16.5. The van der Waals surface area contributed by atoms with Crippen molar-refractivity contribution in [1.82, 2.24) is 9.55 Å². The van der Waals surface area contributed by atoms with Gasteiger partial charge in [-0.1, -0.05) is 0 Å². The Labute approximate surface area is 102 Å². The number of nitrogens with two attached hydrogens (primary N) is 1. The van der Waals surface area contributed by atoms with E-state index in [4.69, 9.17) is 10.5 Å². The average Bonchev–Trinajstić information content (AvgIpc) is 3.06. The van der Waals surface area contributed by atoms with Gasteiger partial charge in [-0.3, -0.25) is 0 Å². The largest absolute Gasteiger partial charge is 0.372 e. The molecule has 3 rings (SSSR count). The maximum atomic E-state index is 5.98. The topological polar surface area (TPSA) is 53.1 Å². The molecule has 2 fully saturated rings. The first-order chi connectivity index (χ1) is 8.33. The van der Waals surface area contributed by atoms with Crippen LogP contribution in [0, 0.1) is 0 Å². The van der Waals surface area contributed by atoms with Crippen molar-refractivity contribution in [3.63, 3.8) is 0 Å². The fraction of sp³-hybridized carbons (Fsp3) is 0.769. The minimum absolute atomic E-state index is 0.335. The van der Waals surface area contributed by atoms with Crippen LogP contribution in [0.5, 0.6) is 0 Å². The van der Waals surface area contributed by atoms with Crippen molar-refractivity contribution < 1.29 is 4.74 Å². The Morgan fingerprint density at radius 1 is 1.35 bits per heavy atom. The molecule has 4 heteroatoms. The minimum Gasteiger partial charge on any atom is -0.372 e. The van der Waals surface area contributed by atoms with Crippen molar-refractivity contribution in [2.45, 2.75) is 63.3 Å². The van der Waals surface area contributed by atoms with Gasteiger partial charge in [0, 0.05) is 12.1 Å². The van der Waals surface area contributed by atoms with Gasteiger partial charge >= 0.3 is 0 Å². The van der Waals surface area contributed by atoms with Crippen molar-refractivity contribution in [2.24, 2.45) is 5.73 Å². The average molecular weight is 235 g/mol. The molecule has 0 bridgehead atoms. The molecule has 0 aliphatic heterocycles. The Bertz CT molecular complexity index is 372. The second-order valence-electron chi connectivity index (χ2n) is 5.38. The predicted octanol–water partition coefficient (Wildman–Crippen LogP) is 2.00.